The largest absolute Gasteiger partial charge is 0.494 e. The van der Waals surface area contributed by atoms with Crippen LogP contribution in [0, 0.1) is 0 Å². The minimum atomic E-state index is -0.119. The number of rotatable bonds is 6. The predicted molar refractivity (Wildman–Crippen MR) is 107 cm³/mol. The van der Waals surface area contributed by atoms with Gasteiger partial charge in [-0.25, -0.2) is 0 Å². The van der Waals surface area contributed by atoms with Gasteiger partial charge in [0.1, 0.15) is 5.75 Å². The minimum Gasteiger partial charge on any atom is -0.494 e. The average molecular weight is 352 g/mol. The predicted octanol–water partition coefficient (Wildman–Crippen LogP) is 5.11. The third kappa shape index (κ3) is 4.57. The van der Waals surface area contributed by atoms with Crippen molar-refractivity contribution in [2.24, 2.45) is 0 Å². The van der Waals surface area contributed by atoms with E-state index in [2.05, 4.69) is 36.2 Å². The number of benzene rings is 2. The zero-order chi connectivity index (χ0) is 18.4. The maximum atomic E-state index is 12.5. The quantitative estimate of drug-likeness (QED) is 0.786. The molecule has 0 saturated carbocycles. The first-order chi connectivity index (χ1) is 12.7. The first-order valence-electron chi connectivity index (χ1n) is 9.58. The van der Waals surface area contributed by atoms with E-state index in [0.717, 1.165) is 24.4 Å². The summed E-state index contributed by atoms with van der Waals surface area (Å²) in [5.41, 5.74) is 2.64. The molecule has 1 saturated heterocycles. The van der Waals surface area contributed by atoms with Gasteiger partial charge in [-0.1, -0.05) is 13.0 Å². The van der Waals surface area contributed by atoms with Crippen molar-refractivity contribution in [3.8, 4) is 5.75 Å². The molecule has 1 fully saturated rings. The normalized spacial score (nSPS) is 17.0. The van der Waals surface area contributed by atoms with Gasteiger partial charge in [0.25, 0.3) is 5.91 Å². The fourth-order valence-corrected chi connectivity index (χ4v) is 3.37. The van der Waals surface area contributed by atoms with Gasteiger partial charge in [0, 0.05) is 29.5 Å². The topological polar surface area (TPSA) is 41.6 Å². The summed E-state index contributed by atoms with van der Waals surface area (Å²) in [5.74, 6) is 0.611. The number of piperidine rings is 1. The summed E-state index contributed by atoms with van der Waals surface area (Å²) in [5, 5.41) is 2.97. The van der Waals surface area contributed by atoms with Gasteiger partial charge in [0.15, 0.2) is 0 Å². The molecule has 4 heteroatoms. The molecule has 0 unspecified atom stereocenters. The number of hydrogen-bond donors (Lipinski definition) is 1. The molecule has 1 atom stereocenters. The van der Waals surface area contributed by atoms with Crippen molar-refractivity contribution in [1.29, 1.82) is 0 Å². The Hall–Kier alpha value is -2.49. The van der Waals surface area contributed by atoms with Crippen LogP contribution in [-0.4, -0.2) is 25.1 Å². The summed E-state index contributed by atoms with van der Waals surface area (Å²) in [7, 11) is 0. The number of anilines is 2. The van der Waals surface area contributed by atoms with Crippen molar-refractivity contribution in [2.75, 3.05) is 23.4 Å². The molecule has 1 heterocycles. The molecule has 2 aromatic rings. The van der Waals surface area contributed by atoms with E-state index in [0.29, 0.717) is 18.2 Å². The lowest BCUT2D eigenvalue weighted by Crippen LogP contribution is -2.37. The summed E-state index contributed by atoms with van der Waals surface area (Å²) in [6, 6.07) is 16.0. The van der Waals surface area contributed by atoms with Crippen LogP contribution in [0.2, 0.25) is 0 Å². The molecule has 1 aliphatic rings. The number of amides is 1. The monoisotopic (exact) mass is 352 g/mol. The second-order valence-electron chi connectivity index (χ2n) is 6.92. The standard InChI is InChI=1S/C22H28N2O2/c1-3-15-26-21-9-6-8-18(16-21)22(25)23-19-10-12-20(13-11-19)24-14-5-4-7-17(24)2/h6,8-13,16-17H,3-5,7,14-15H2,1-2H3,(H,23,25)/t17-/m0/s1. The summed E-state index contributed by atoms with van der Waals surface area (Å²) in [4.78, 5) is 14.9. The summed E-state index contributed by atoms with van der Waals surface area (Å²) in [6.07, 6.45) is 4.75. The molecule has 1 amide bonds. The molecule has 1 aliphatic heterocycles. The highest BCUT2D eigenvalue weighted by Gasteiger charge is 2.18. The Morgan fingerprint density at radius 2 is 2.00 bits per heavy atom. The van der Waals surface area contributed by atoms with Crippen molar-refractivity contribution < 1.29 is 9.53 Å². The van der Waals surface area contributed by atoms with E-state index in [1.54, 1.807) is 12.1 Å². The van der Waals surface area contributed by atoms with Crippen molar-refractivity contribution in [2.45, 2.75) is 45.6 Å². The Morgan fingerprint density at radius 1 is 1.19 bits per heavy atom. The maximum absolute atomic E-state index is 12.5. The van der Waals surface area contributed by atoms with E-state index in [1.165, 1.54) is 24.9 Å². The third-order valence-electron chi connectivity index (χ3n) is 4.83. The van der Waals surface area contributed by atoms with Crippen LogP contribution < -0.4 is 15.0 Å². The smallest absolute Gasteiger partial charge is 0.255 e. The Balaban J connectivity index is 1.64. The van der Waals surface area contributed by atoms with Crippen LogP contribution in [0.15, 0.2) is 48.5 Å². The second kappa shape index (κ2) is 8.75. The highest BCUT2D eigenvalue weighted by atomic mass is 16.5. The molecule has 3 rings (SSSR count). The van der Waals surface area contributed by atoms with E-state index in [4.69, 9.17) is 4.74 Å². The SMILES string of the molecule is CCCOc1cccc(C(=O)Nc2ccc(N3CCCC[C@@H]3C)cc2)c1. The molecule has 26 heavy (non-hydrogen) atoms. The van der Waals surface area contributed by atoms with Gasteiger partial charge >= 0.3 is 0 Å². The highest BCUT2D eigenvalue weighted by molar-refractivity contribution is 6.04. The van der Waals surface area contributed by atoms with Crippen LogP contribution in [-0.2, 0) is 0 Å². The summed E-state index contributed by atoms with van der Waals surface area (Å²) in [6.45, 7) is 6.10. The van der Waals surface area contributed by atoms with Crippen molar-refractivity contribution in [3.05, 3.63) is 54.1 Å². The molecule has 0 radical (unpaired) electrons. The van der Waals surface area contributed by atoms with E-state index in [1.807, 2.05) is 24.3 Å². The van der Waals surface area contributed by atoms with Crippen LogP contribution in [0.1, 0.15) is 49.9 Å². The number of nitrogens with one attached hydrogen (secondary N) is 1. The van der Waals surface area contributed by atoms with Crippen molar-refractivity contribution in [3.63, 3.8) is 0 Å². The third-order valence-corrected chi connectivity index (χ3v) is 4.83. The Bertz CT molecular complexity index is 727. The lowest BCUT2D eigenvalue weighted by Gasteiger charge is -2.35. The van der Waals surface area contributed by atoms with Crippen molar-refractivity contribution in [1.82, 2.24) is 0 Å². The molecule has 1 N–H and O–H groups in total. The van der Waals surface area contributed by atoms with Crippen LogP contribution in [0.4, 0.5) is 11.4 Å². The van der Waals surface area contributed by atoms with Gasteiger partial charge in [-0.2, -0.15) is 0 Å². The molecule has 0 aliphatic carbocycles. The van der Waals surface area contributed by atoms with E-state index in [-0.39, 0.29) is 5.91 Å². The number of carbonyl (C=O) groups is 1. The second-order valence-corrected chi connectivity index (χ2v) is 6.92. The fourth-order valence-electron chi connectivity index (χ4n) is 3.37. The molecule has 138 valence electrons. The van der Waals surface area contributed by atoms with Gasteiger partial charge in [-0.05, 0) is 75.1 Å². The van der Waals surface area contributed by atoms with Gasteiger partial charge in [-0.15, -0.1) is 0 Å². The minimum absolute atomic E-state index is 0.119. The van der Waals surface area contributed by atoms with Gasteiger partial charge in [0.2, 0.25) is 0 Å². The van der Waals surface area contributed by atoms with E-state index in [9.17, 15) is 4.79 Å². The number of ether oxygens (including phenoxy) is 1. The lowest BCUT2D eigenvalue weighted by molar-refractivity contribution is 0.102. The van der Waals surface area contributed by atoms with Gasteiger partial charge in [-0.3, -0.25) is 4.79 Å². The molecular formula is C22H28N2O2. The Morgan fingerprint density at radius 3 is 2.73 bits per heavy atom. The molecule has 0 bridgehead atoms. The Kier molecular flexibility index (Phi) is 6.16. The summed E-state index contributed by atoms with van der Waals surface area (Å²) >= 11 is 0. The molecular weight excluding hydrogens is 324 g/mol. The van der Waals surface area contributed by atoms with E-state index < -0.39 is 0 Å². The summed E-state index contributed by atoms with van der Waals surface area (Å²) < 4.78 is 5.60. The molecule has 2 aromatic carbocycles. The van der Waals surface area contributed by atoms with Crippen LogP contribution in [0.3, 0.4) is 0 Å². The fraction of sp³-hybridized carbons (Fsp3) is 0.409. The highest BCUT2D eigenvalue weighted by Crippen LogP contribution is 2.26. The van der Waals surface area contributed by atoms with Crippen LogP contribution >= 0.6 is 0 Å². The first kappa shape index (κ1) is 18.3. The average Bonchev–Trinajstić information content (AvgIpc) is 2.68. The number of hydrogen-bond acceptors (Lipinski definition) is 3. The molecule has 0 spiro atoms. The maximum Gasteiger partial charge on any atom is 0.255 e. The zero-order valence-electron chi connectivity index (χ0n) is 15.7. The molecule has 0 aromatic heterocycles. The van der Waals surface area contributed by atoms with Gasteiger partial charge < -0.3 is 15.0 Å². The zero-order valence-corrected chi connectivity index (χ0v) is 15.7. The number of nitrogens with zero attached hydrogens (tertiary/aromatic N) is 1. The van der Waals surface area contributed by atoms with Crippen LogP contribution in [0.25, 0.3) is 0 Å². The first-order valence-corrected chi connectivity index (χ1v) is 9.58. The van der Waals surface area contributed by atoms with Crippen molar-refractivity contribution >= 4 is 17.3 Å². The van der Waals surface area contributed by atoms with Crippen LogP contribution in [0.5, 0.6) is 5.75 Å². The Labute approximate surface area is 156 Å². The van der Waals surface area contributed by atoms with E-state index >= 15 is 0 Å². The number of carbonyl (C=O) groups excluding carboxylic acids is 1. The van der Waals surface area contributed by atoms with Gasteiger partial charge in [0.05, 0.1) is 6.61 Å². The molecule has 4 nitrogen and oxygen atoms in total. The lowest BCUT2D eigenvalue weighted by atomic mass is 10.0.